The van der Waals surface area contributed by atoms with Gasteiger partial charge in [-0.25, -0.2) is 8.42 Å². The largest absolute Gasteiger partial charge is 0.356 e. The summed E-state index contributed by atoms with van der Waals surface area (Å²) >= 11 is 0. The Balaban J connectivity index is 2.13. The summed E-state index contributed by atoms with van der Waals surface area (Å²) in [5.41, 5.74) is 2.41. The van der Waals surface area contributed by atoms with Gasteiger partial charge >= 0.3 is 0 Å². The highest BCUT2D eigenvalue weighted by Gasteiger charge is 2.13. The van der Waals surface area contributed by atoms with Crippen molar-refractivity contribution in [1.82, 2.24) is 5.32 Å². The summed E-state index contributed by atoms with van der Waals surface area (Å²) in [6, 6.07) is 13.6. The quantitative estimate of drug-likeness (QED) is 0.791. The number of likely N-dealkylation sites (N-methyl/N-ethyl adjacent to an activating group) is 1. The summed E-state index contributed by atoms with van der Waals surface area (Å²) < 4.78 is 27.3. The maximum absolute atomic E-state index is 12.4. The molecule has 2 rings (SSSR count). The van der Waals surface area contributed by atoms with Crippen molar-refractivity contribution in [2.45, 2.75) is 18.2 Å². The van der Waals surface area contributed by atoms with Crippen molar-refractivity contribution in [1.29, 1.82) is 0 Å². The van der Waals surface area contributed by atoms with Crippen molar-refractivity contribution >= 4 is 27.7 Å². The molecular formula is C18H20N2O3S. The van der Waals surface area contributed by atoms with Crippen LogP contribution in [0.25, 0.3) is 6.08 Å². The molecule has 24 heavy (non-hydrogen) atoms. The van der Waals surface area contributed by atoms with E-state index in [9.17, 15) is 13.2 Å². The third-order valence-corrected chi connectivity index (χ3v) is 4.88. The smallest absolute Gasteiger partial charge is 0.261 e. The lowest BCUT2D eigenvalue weighted by Crippen LogP contribution is -2.14. The van der Waals surface area contributed by atoms with E-state index in [-0.39, 0.29) is 10.8 Å². The highest BCUT2D eigenvalue weighted by atomic mass is 32.2. The van der Waals surface area contributed by atoms with Gasteiger partial charge in [0.05, 0.1) is 4.90 Å². The van der Waals surface area contributed by atoms with Crippen molar-refractivity contribution in [3.05, 3.63) is 65.7 Å². The van der Waals surface area contributed by atoms with Gasteiger partial charge in [0.2, 0.25) is 5.91 Å². The molecule has 0 unspecified atom stereocenters. The maximum atomic E-state index is 12.4. The summed E-state index contributed by atoms with van der Waals surface area (Å²) in [6.07, 6.45) is 3.90. The van der Waals surface area contributed by atoms with Gasteiger partial charge in [-0.1, -0.05) is 31.2 Å². The monoisotopic (exact) mass is 344 g/mol. The minimum absolute atomic E-state index is 0.166. The zero-order valence-electron chi connectivity index (χ0n) is 13.6. The highest BCUT2D eigenvalue weighted by molar-refractivity contribution is 7.92. The van der Waals surface area contributed by atoms with Crippen LogP contribution in [0.15, 0.2) is 59.5 Å². The van der Waals surface area contributed by atoms with Crippen LogP contribution in [-0.4, -0.2) is 21.4 Å². The molecule has 0 aliphatic carbocycles. The number of rotatable bonds is 6. The molecule has 0 saturated carbocycles. The molecule has 2 N–H and O–H groups in total. The third kappa shape index (κ3) is 4.70. The number of carbonyl (C=O) groups excluding carboxylic acids is 1. The molecule has 0 aliphatic heterocycles. The Hall–Kier alpha value is -2.60. The van der Waals surface area contributed by atoms with Crippen LogP contribution in [0.4, 0.5) is 5.69 Å². The van der Waals surface area contributed by atoms with Crippen molar-refractivity contribution < 1.29 is 13.2 Å². The maximum Gasteiger partial charge on any atom is 0.261 e. The predicted molar refractivity (Wildman–Crippen MR) is 96.2 cm³/mol. The number of hydrogen-bond donors (Lipinski definition) is 2. The number of benzene rings is 2. The van der Waals surface area contributed by atoms with E-state index in [2.05, 4.69) is 10.0 Å². The lowest BCUT2D eigenvalue weighted by Gasteiger charge is -2.09. The van der Waals surface area contributed by atoms with Crippen LogP contribution in [0, 0.1) is 0 Å². The van der Waals surface area contributed by atoms with Gasteiger partial charge in [-0.15, -0.1) is 0 Å². The Bertz CT molecular complexity index is 824. The van der Waals surface area contributed by atoms with E-state index in [0.29, 0.717) is 5.69 Å². The van der Waals surface area contributed by atoms with Crippen molar-refractivity contribution in [2.24, 2.45) is 0 Å². The minimum Gasteiger partial charge on any atom is -0.356 e. The van der Waals surface area contributed by atoms with Crippen LogP contribution in [-0.2, 0) is 21.2 Å². The minimum atomic E-state index is -3.64. The Morgan fingerprint density at radius 2 is 1.67 bits per heavy atom. The summed E-state index contributed by atoms with van der Waals surface area (Å²) in [6.45, 7) is 2.04. The fourth-order valence-corrected chi connectivity index (χ4v) is 3.09. The standard InChI is InChI=1S/C18H20N2O3S/c1-3-14-4-9-16(10-5-14)20-24(22,23)17-11-6-15(7-12-17)8-13-18(21)19-2/h4-13,20H,3H2,1-2H3,(H,19,21)/b13-8+. The van der Waals surface area contributed by atoms with Gasteiger partial charge in [0, 0.05) is 18.8 Å². The fourth-order valence-electron chi connectivity index (χ4n) is 2.04. The Kier molecular flexibility index (Phi) is 5.76. The van der Waals surface area contributed by atoms with E-state index in [0.717, 1.165) is 17.5 Å². The number of nitrogens with one attached hydrogen (secondary N) is 2. The normalized spacial score (nSPS) is 11.4. The number of sulfonamides is 1. The number of carbonyl (C=O) groups is 1. The summed E-state index contributed by atoms with van der Waals surface area (Å²) in [5, 5.41) is 2.47. The van der Waals surface area contributed by atoms with Crippen LogP contribution in [0.3, 0.4) is 0 Å². The van der Waals surface area contributed by atoms with Crippen LogP contribution in [0.1, 0.15) is 18.1 Å². The predicted octanol–water partition coefficient (Wildman–Crippen LogP) is 2.81. The SMILES string of the molecule is CCc1ccc(NS(=O)(=O)c2ccc(/C=C/C(=O)NC)cc2)cc1. The van der Waals surface area contributed by atoms with E-state index >= 15 is 0 Å². The second kappa shape index (κ2) is 7.79. The van der Waals surface area contributed by atoms with Gasteiger partial charge in [0.25, 0.3) is 10.0 Å². The molecule has 2 aromatic rings. The molecular weight excluding hydrogens is 324 g/mol. The van der Waals surface area contributed by atoms with Gasteiger partial charge in [-0.3, -0.25) is 9.52 Å². The van der Waals surface area contributed by atoms with E-state index in [4.69, 9.17) is 0 Å². The molecule has 5 nitrogen and oxygen atoms in total. The van der Waals surface area contributed by atoms with Crippen molar-refractivity contribution in [3.8, 4) is 0 Å². The second-order valence-corrected chi connectivity index (χ2v) is 6.85. The molecule has 0 heterocycles. The number of hydrogen-bond acceptors (Lipinski definition) is 3. The second-order valence-electron chi connectivity index (χ2n) is 5.17. The zero-order valence-corrected chi connectivity index (χ0v) is 14.4. The van der Waals surface area contributed by atoms with E-state index < -0.39 is 10.0 Å². The van der Waals surface area contributed by atoms with E-state index in [1.807, 2.05) is 19.1 Å². The Labute approximate surface area is 142 Å². The van der Waals surface area contributed by atoms with Crippen LogP contribution >= 0.6 is 0 Å². The van der Waals surface area contributed by atoms with Crippen LogP contribution < -0.4 is 10.0 Å². The Morgan fingerprint density at radius 1 is 1.04 bits per heavy atom. The molecule has 0 fully saturated rings. The van der Waals surface area contributed by atoms with Gasteiger partial charge in [0.1, 0.15) is 0 Å². The number of anilines is 1. The molecule has 6 heteroatoms. The first-order chi connectivity index (χ1) is 11.4. The lowest BCUT2D eigenvalue weighted by atomic mass is 10.2. The zero-order chi connectivity index (χ0) is 17.6. The van der Waals surface area contributed by atoms with E-state index in [1.54, 1.807) is 37.4 Å². The van der Waals surface area contributed by atoms with Gasteiger partial charge in [-0.2, -0.15) is 0 Å². The molecule has 0 aliphatic rings. The lowest BCUT2D eigenvalue weighted by molar-refractivity contribution is -0.115. The molecule has 126 valence electrons. The summed E-state index contributed by atoms with van der Waals surface area (Å²) in [4.78, 5) is 11.3. The first-order valence-corrected chi connectivity index (χ1v) is 9.04. The van der Waals surface area contributed by atoms with Crippen LogP contribution in [0.2, 0.25) is 0 Å². The molecule has 0 saturated heterocycles. The molecule has 0 radical (unpaired) electrons. The van der Waals surface area contributed by atoms with Crippen molar-refractivity contribution in [3.63, 3.8) is 0 Å². The first-order valence-electron chi connectivity index (χ1n) is 7.56. The molecule has 0 spiro atoms. The van der Waals surface area contributed by atoms with Crippen LogP contribution in [0.5, 0.6) is 0 Å². The molecule has 0 atom stereocenters. The highest BCUT2D eigenvalue weighted by Crippen LogP contribution is 2.18. The summed E-state index contributed by atoms with van der Waals surface area (Å²) in [5.74, 6) is -0.219. The topological polar surface area (TPSA) is 75.3 Å². The molecule has 2 aromatic carbocycles. The third-order valence-electron chi connectivity index (χ3n) is 3.48. The molecule has 0 bridgehead atoms. The Morgan fingerprint density at radius 3 is 2.21 bits per heavy atom. The number of amides is 1. The van der Waals surface area contributed by atoms with Gasteiger partial charge in [0.15, 0.2) is 0 Å². The summed E-state index contributed by atoms with van der Waals surface area (Å²) in [7, 11) is -2.10. The fraction of sp³-hybridized carbons (Fsp3) is 0.167. The van der Waals surface area contributed by atoms with Gasteiger partial charge in [-0.05, 0) is 47.9 Å². The average Bonchev–Trinajstić information content (AvgIpc) is 2.60. The molecule has 0 aromatic heterocycles. The van der Waals surface area contributed by atoms with E-state index in [1.165, 1.54) is 18.2 Å². The van der Waals surface area contributed by atoms with Crippen molar-refractivity contribution in [2.75, 3.05) is 11.8 Å². The number of aryl methyl sites for hydroxylation is 1. The average molecular weight is 344 g/mol. The first kappa shape index (κ1) is 17.7. The van der Waals surface area contributed by atoms with Gasteiger partial charge < -0.3 is 5.32 Å². The molecule has 1 amide bonds.